The average Bonchev–Trinajstić information content (AvgIpc) is 2.83. The number of nitrogens with two attached hydrogens (primary N) is 1. The number of pyridine rings is 1. The van der Waals surface area contributed by atoms with Crippen LogP contribution in [0.4, 0.5) is 13.2 Å². The van der Waals surface area contributed by atoms with Crippen LogP contribution in [-0.2, 0) is 17.5 Å². The third-order valence-electron chi connectivity index (χ3n) is 4.67. The Balaban J connectivity index is 2.02. The number of alkyl halides is 3. The lowest BCUT2D eigenvalue weighted by Gasteiger charge is -2.15. The van der Waals surface area contributed by atoms with Gasteiger partial charge in [-0.1, -0.05) is 11.6 Å². The van der Waals surface area contributed by atoms with Gasteiger partial charge < -0.3 is 20.6 Å². The van der Waals surface area contributed by atoms with E-state index in [9.17, 15) is 22.8 Å². The quantitative estimate of drug-likeness (QED) is 0.331. The molecule has 0 aliphatic carbocycles. The fourth-order valence-electron chi connectivity index (χ4n) is 3.06. The van der Waals surface area contributed by atoms with Crippen molar-refractivity contribution >= 4 is 28.8 Å². The molecular formula is C23H16ClF3N6O4. The van der Waals surface area contributed by atoms with Gasteiger partial charge in [-0.15, -0.1) is 0 Å². The highest BCUT2D eigenvalue weighted by Gasteiger charge is 2.38. The molecule has 0 bridgehead atoms. The van der Waals surface area contributed by atoms with Crippen molar-refractivity contribution < 1.29 is 27.4 Å². The lowest BCUT2D eigenvalue weighted by Crippen LogP contribution is -2.28. The van der Waals surface area contributed by atoms with Gasteiger partial charge in [0.2, 0.25) is 11.7 Å². The van der Waals surface area contributed by atoms with Crippen molar-refractivity contribution in [3.8, 4) is 23.3 Å². The second-order valence-corrected chi connectivity index (χ2v) is 7.74. The van der Waals surface area contributed by atoms with Crippen LogP contribution in [0.3, 0.4) is 0 Å². The van der Waals surface area contributed by atoms with Gasteiger partial charge in [0.15, 0.2) is 5.69 Å². The predicted octanol–water partition coefficient (Wildman–Crippen LogP) is 3.57. The molecule has 0 aliphatic rings. The minimum atomic E-state index is -5.06. The molecule has 0 spiro atoms. The number of carbonyl (C=O) groups is 1. The van der Waals surface area contributed by atoms with Gasteiger partial charge in [0.05, 0.1) is 43.5 Å². The predicted molar refractivity (Wildman–Crippen MR) is 125 cm³/mol. The molecular weight excluding hydrogens is 517 g/mol. The van der Waals surface area contributed by atoms with Gasteiger partial charge in [-0.05, 0) is 30.3 Å². The molecule has 0 atom stereocenters. The first kappa shape index (κ1) is 26.9. The monoisotopic (exact) mass is 532 g/mol. The zero-order valence-corrected chi connectivity index (χ0v) is 19.6. The Hall–Kier alpha value is -4.70. The van der Waals surface area contributed by atoms with Crippen LogP contribution in [-0.4, -0.2) is 33.3 Å². The molecule has 37 heavy (non-hydrogen) atoms. The fraction of sp³-hybridized carbons (Fsp3) is 0.130. The Morgan fingerprint density at radius 3 is 2.62 bits per heavy atom. The summed E-state index contributed by atoms with van der Waals surface area (Å²) >= 11 is 5.87. The highest BCUT2D eigenvalue weighted by atomic mass is 35.5. The highest BCUT2D eigenvalue weighted by Crippen LogP contribution is 2.35. The molecule has 0 unspecified atom stereocenters. The van der Waals surface area contributed by atoms with Gasteiger partial charge in [-0.3, -0.25) is 19.1 Å². The Labute approximate surface area is 211 Å². The van der Waals surface area contributed by atoms with E-state index in [1.807, 2.05) is 0 Å². The number of nitrogens with one attached hydrogen (secondary N) is 1. The summed E-state index contributed by atoms with van der Waals surface area (Å²) in [4.78, 5) is 32.1. The summed E-state index contributed by atoms with van der Waals surface area (Å²) in [6, 6.07) is 6.67. The molecule has 190 valence electrons. The third-order valence-corrected chi connectivity index (χ3v) is 4.89. The van der Waals surface area contributed by atoms with Crippen molar-refractivity contribution in [1.29, 1.82) is 10.7 Å². The lowest BCUT2D eigenvalue weighted by molar-refractivity contribution is -0.142. The molecule has 0 saturated carbocycles. The van der Waals surface area contributed by atoms with Crippen LogP contribution in [0.2, 0.25) is 5.02 Å². The van der Waals surface area contributed by atoms with Crippen LogP contribution in [0.15, 0.2) is 53.9 Å². The number of nitrogens with zero attached hydrogens (tertiary/aromatic N) is 4. The number of aromatic nitrogens is 3. The van der Waals surface area contributed by atoms with Crippen molar-refractivity contribution in [3.05, 3.63) is 81.3 Å². The average molecular weight is 533 g/mol. The Bertz CT molecular complexity index is 1510. The van der Waals surface area contributed by atoms with Gasteiger partial charge in [-0.2, -0.15) is 18.4 Å². The number of benzene rings is 1. The fourth-order valence-corrected chi connectivity index (χ4v) is 3.28. The maximum Gasteiger partial charge on any atom is 0.437 e. The van der Waals surface area contributed by atoms with Crippen molar-refractivity contribution in [2.45, 2.75) is 12.7 Å². The minimum Gasteiger partial charge on any atom is -0.495 e. The van der Waals surface area contributed by atoms with E-state index in [0.29, 0.717) is 16.6 Å². The Morgan fingerprint density at radius 2 is 2.00 bits per heavy atom. The molecule has 0 aliphatic heterocycles. The van der Waals surface area contributed by atoms with E-state index in [-0.39, 0.29) is 33.2 Å². The summed E-state index contributed by atoms with van der Waals surface area (Å²) in [6.07, 6.45) is -0.752. The standard InChI is InChI=1S/C23H16ClF3N6O4/c1-36-17-4-13(8-31-9-17)18(21(30)34)6-15(29)10-33-11-32-20(23(25,26)27)19(22(33)35)37-16-3-12(7-28)2-14(24)5-16/h2-6,8-9,11,29H,10H2,1H3,(H2,30,34)/b18-6-,29-15?. The second kappa shape index (κ2) is 10.9. The van der Waals surface area contributed by atoms with Gasteiger partial charge in [0, 0.05) is 22.4 Å². The summed E-state index contributed by atoms with van der Waals surface area (Å²) in [5.74, 6) is -2.11. The van der Waals surface area contributed by atoms with Crippen molar-refractivity contribution in [1.82, 2.24) is 14.5 Å². The zero-order valence-electron chi connectivity index (χ0n) is 18.8. The Kier molecular flexibility index (Phi) is 7.94. The molecule has 3 rings (SSSR count). The van der Waals surface area contributed by atoms with Gasteiger partial charge in [0.25, 0.3) is 5.56 Å². The van der Waals surface area contributed by atoms with Crippen LogP contribution >= 0.6 is 11.6 Å². The van der Waals surface area contributed by atoms with Gasteiger partial charge >= 0.3 is 6.18 Å². The highest BCUT2D eigenvalue weighted by molar-refractivity contribution is 6.30. The summed E-state index contributed by atoms with van der Waals surface area (Å²) in [7, 11) is 1.38. The zero-order chi connectivity index (χ0) is 27.3. The molecule has 2 aromatic heterocycles. The molecule has 3 aromatic rings. The third kappa shape index (κ3) is 6.50. The van der Waals surface area contributed by atoms with Crippen molar-refractivity contribution in [2.24, 2.45) is 5.73 Å². The van der Waals surface area contributed by atoms with Crippen LogP contribution < -0.4 is 20.8 Å². The van der Waals surface area contributed by atoms with Crippen LogP contribution in [0, 0.1) is 16.7 Å². The number of methoxy groups -OCH3 is 1. The number of ether oxygens (including phenoxy) is 2. The molecule has 1 aromatic carbocycles. The van der Waals surface area contributed by atoms with E-state index < -0.39 is 35.6 Å². The molecule has 1 amide bonds. The smallest absolute Gasteiger partial charge is 0.437 e. The number of hydrogen-bond donors (Lipinski definition) is 2. The number of halogens is 4. The van der Waals surface area contributed by atoms with Crippen LogP contribution in [0.5, 0.6) is 17.2 Å². The number of nitriles is 1. The van der Waals surface area contributed by atoms with E-state index in [1.54, 1.807) is 6.07 Å². The lowest BCUT2D eigenvalue weighted by atomic mass is 10.1. The summed E-state index contributed by atoms with van der Waals surface area (Å²) in [5.41, 5.74) is 2.20. The van der Waals surface area contributed by atoms with Crippen molar-refractivity contribution in [3.63, 3.8) is 0 Å². The summed E-state index contributed by atoms with van der Waals surface area (Å²) in [6.45, 7) is -0.590. The van der Waals surface area contributed by atoms with Crippen LogP contribution in [0.25, 0.3) is 5.57 Å². The number of carbonyl (C=O) groups excluding carboxylic acids is 1. The molecule has 0 radical (unpaired) electrons. The van der Waals surface area contributed by atoms with Crippen molar-refractivity contribution in [2.75, 3.05) is 7.11 Å². The number of primary amides is 1. The van der Waals surface area contributed by atoms with E-state index in [2.05, 4.69) is 9.97 Å². The summed E-state index contributed by atoms with van der Waals surface area (Å²) < 4.78 is 51.6. The number of amides is 1. The van der Waals surface area contributed by atoms with Crippen LogP contribution in [0.1, 0.15) is 16.8 Å². The molecule has 10 nitrogen and oxygen atoms in total. The van der Waals surface area contributed by atoms with E-state index in [1.165, 1.54) is 31.6 Å². The van der Waals surface area contributed by atoms with Gasteiger partial charge in [-0.25, -0.2) is 4.98 Å². The summed E-state index contributed by atoms with van der Waals surface area (Å²) in [5, 5.41) is 17.3. The van der Waals surface area contributed by atoms with E-state index in [0.717, 1.165) is 18.2 Å². The number of rotatable bonds is 8. The number of allylic oxidation sites excluding steroid dienone is 1. The largest absolute Gasteiger partial charge is 0.495 e. The molecule has 0 fully saturated rings. The molecule has 14 heteroatoms. The minimum absolute atomic E-state index is 0.00949. The molecule has 3 N–H and O–H groups in total. The SMILES string of the molecule is COc1cncc(/C(=C/C(=N)Cn2cnc(C(F)(F)F)c(Oc3cc(Cl)cc(C#N)c3)c2=O)C(N)=O)c1. The molecule has 2 heterocycles. The molecule has 0 saturated heterocycles. The van der Waals surface area contributed by atoms with E-state index in [4.69, 9.17) is 37.5 Å². The maximum atomic E-state index is 13.6. The van der Waals surface area contributed by atoms with Gasteiger partial charge in [0.1, 0.15) is 11.5 Å². The second-order valence-electron chi connectivity index (χ2n) is 7.30. The first-order chi connectivity index (χ1) is 17.4. The number of hydrogen-bond acceptors (Lipinski definition) is 8. The normalized spacial score (nSPS) is 11.5. The maximum absolute atomic E-state index is 13.6. The van der Waals surface area contributed by atoms with E-state index >= 15 is 0 Å². The first-order valence-corrected chi connectivity index (χ1v) is 10.4. The first-order valence-electron chi connectivity index (χ1n) is 10.1. The Morgan fingerprint density at radius 1 is 1.27 bits per heavy atom. The topological polar surface area (TPSA) is 157 Å².